The summed E-state index contributed by atoms with van der Waals surface area (Å²) in [4.78, 5) is 28.0. The number of hydrogen-bond donors (Lipinski definition) is 0. The summed E-state index contributed by atoms with van der Waals surface area (Å²) in [7, 11) is 0. The standard InChI is InChI=1S/C21H19ClFN3O2/c1-12-3-8-15(11-16(12)22)26-20(27)17-18(13-4-6-14(23)7-5-13)24-9-2-10-25(24)19(17)21(26)28/h3-8,11,17-19H,2,9-10H2,1H3/t17-,18+,19-/m1/s1. The molecule has 0 bridgehead atoms. The number of carbonyl (C=O) groups is 2. The number of aryl methyl sites for hydroxylation is 1. The van der Waals surface area contributed by atoms with E-state index in [0.29, 0.717) is 10.7 Å². The fourth-order valence-corrected chi connectivity index (χ4v) is 4.92. The molecule has 2 amide bonds. The lowest BCUT2D eigenvalue weighted by molar-refractivity contribution is -0.126. The second-order valence-corrected chi connectivity index (χ2v) is 8.00. The molecule has 0 spiro atoms. The van der Waals surface area contributed by atoms with Gasteiger partial charge in [0.05, 0.1) is 17.6 Å². The summed E-state index contributed by atoms with van der Waals surface area (Å²) in [6.07, 6.45) is 0.929. The number of nitrogens with zero attached hydrogens (tertiary/aromatic N) is 3. The molecule has 0 N–H and O–H groups in total. The second-order valence-electron chi connectivity index (χ2n) is 7.59. The third-order valence-corrected chi connectivity index (χ3v) is 6.44. The number of fused-ring (bicyclic) bond motifs is 3. The van der Waals surface area contributed by atoms with Gasteiger partial charge in [-0.05, 0) is 48.7 Å². The predicted octanol–water partition coefficient (Wildman–Crippen LogP) is 3.32. The van der Waals surface area contributed by atoms with Crippen LogP contribution in [-0.4, -0.2) is 41.0 Å². The van der Waals surface area contributed by atoms with Crippen molar-refractivity contribution in [3.63, 3.8) is 0 Å². The minimum atomic E-state index is -0.523. The summed E-state index contributed by atoms with van der Waals surface area (Å²) >= 11 is 6.23. The Balaban J connectivity index is 1.58. The lowest BCUT2D eigenvalue weighted by Crippen LogP contribution is -2.44. The van der Waals surface area contributed by atoms with E-state index in [-0.39, 0.29) is 23.7 Å². The van der Waals surface area contributed by atoms with Crippen molar-refractivity contribution in [3.8, 4) is 0 Å². The third kappa shape index (κ3) is 2.45. The fourth-order valence-electron chi connectivity index (χ4n) is 4.75. The number of rotatable bonds is 2. The van der Waals surface area contributed by atoms with E-state index in [1.54, 1.807) is 24.3 Å². The zero-order chi connectivity index (χ0) is 19.6. The van der Waals surface area contributed by atoms with Crippen molar-refractivity contribution in [2.24, 2.45) is 5.92 Å². The van der Waals surface area contributed by atoms with Gasteiger partial charge in [-0.3, -0.25) is 9.59 Å². The molecule has 144 valence electrons. The maximum atomic E-state index is 13.4. The lowest BCUT2D eigenvalue weighted by Gasteiger charge is -2.29. The normalized spacial score (nSPS) is 27.5. The van der Waals surface area contributed by atoms with E-state index in [1.807, 2.05) is 18.0 Å². The van der Waals surface area contributed by atoms with E-state index >= 15 is 0 Å². The molecule has 3 heterocycles. The van der Waals surface area contributed by atoms with Crippen LogP contribution in [0.5, 0.6) is 0 Å². The van der Waals surface area contributed by atoms with E-state index in [1.165, 1.54) is 17.0 Å². The Morgan fingerprint density at radius 1 is 0.964 bits per heavy atom. The first-order valence-corrected chi connectivity index (χ1v) is 9.78. The number of hydrogen-bond acceptors (Lipinski definition) is 4. The maximum absolute atomic E-state index is 13.4. The molecule has 5 nitrogen and oxygen atoms in total. The van der Waals surface area contributed by atoms with Crippen LogP contribution in [0.25, 0.3) is 0 Å². The first kappa shape index (κ1) is 17.8. The van der Waals surface area contributed by atoms with Crippen LogP contribution in [0.2, 0.25) is 5.02 Å². The number of amides is 2. The molecule has 0 unspecified atom stereocenters. The summed E-state index contributed by atoms with van der Waals surface area (Å²) < 4.78 is 13.4. The second kappa shape index (κ2) is 6.37. The molecule has 5 rings (SSSR count). The zero-order valence-corrected chi connectivity index (χ0v) is 16.1. The highest BCUT2D eigenvalue weighted by Crippen LogP contribution is 2.49. The van der Waals surface area contributed by atoms with E-state index in [2.05, 4.69) is 5.01 Å². The van der Waals surface area contributed by atoms with Crippen molar-refractivity contribution in [2.75, 3.05) is 18.0 Å². The van der Waals surface area contributed by atoms with Gasteiger partial charge in [-0.1, -0.05) is 29.8 Å². The predicted molar refractivity (Wildman–Crippen MR) is 103 cm³/mol. The molecule has 2 aromatic carbocycles. The van der Waals surface area contributed by atoms with Gasteiger partial charge in [0.15, 0.2) is 0 Å². The SMILES string of the molecule is Cc1ccc(N2C(=O)[C@H]3[C@H](C2=O)N2CCCN2[C@H]3c2ccc(F)cc2)cc1Cl. The van der Waals surface area contributed by atoms with E-state index in [4.69, 9.17) is 11.6 Å². The highest BCUT2D eigenvalue weighted by atomic mass is 35.5. The molecule has 3 aliphatic rings. The van der Waals surface area contributed by atoms with Crippen molar-refractivity contribution in [1.82, 2.24) is 10.0 Å². The van der Waals surface area contributed by atoms with Crippen LogP contribution in [0, 0.1) is 18.7 Å². The molecule has 2 aromatic rings. The Hall–Kier alpha value is -2.28. The van der Waals surface area contributed by atoms with Gasteiger partial charge in [0.2, 0.25) is 5.91 Å². The number of halogens is 2. The van der Waals surface area contributed by atoms with Crippen LogP contribution < -0.4 is 4.90 Å². The van der Waals surface area contributed by atoms with Gasteiger partial charge in [-0.2, -0.15) is 0 Å². The fraction of sp³-hybridized carbons (Fsp3) is 0.333. The van der Waals surface area contributed by atoms with Crippen LogP contribution in [0.4, 0.5) is 10.1 Å². The molecule has 0 radical (unpaired) electrons. The van der Waals surface area contributed by atoms with Crippen LogP contribution in [0.15, 0.2) is 42.5 Å². The highest BCUT2D eigenvalue weighted by molar-refractivity contribution is 6.32. The van der Waals surface area contributed by atoms with Crippen LogP contribution in [0.1, 0.15) is 23.6 Å². The van der Waals surface area contributed by atoms with E-state index < -0.39 is 12.0 Å². The molecule has 0 aliphatic carbocycles. The van der Waals surface area contributed by atoms with Crippen LogP contribution in [-0.2, 0) is 9.59 Å². The topological polar surface area (TPSA) is 43.9 Å². The molecule has 7 heteroatoms. The van der Waals surface area contributed by atoms with Gasteiger partial charge in [0, 0.05) is 18.1 Å². The number of benzene rings is 2. The summed E-state index contributed by atoms with van der Waals surface area (Å²) in [5, 5.41) is 4.65. The Morgan fingerprint density at radius 3 is 2.32 bits per heavy atom. The van der Waals surface area contributed by atoms with Gasteiger partial charge in [-0.15, -0.1) is 0 Å². The molecule has 3 atom stereocenters. The summed E-state index contributed by atoms with van der Waals surface area (Å²) in [6, 6.07) is 10.7. The van der Waals surface area contributed by atoms with Crippen LogP contribution >= 0.6 is 11.6 Å². The number of carbonyl (C=O) groups excluding carboxylic acids is 2. The first-order valence-electron chi connectivity index (χ1n) is 9.40. The van der Waals surface area contributed by atoms with Crippen molar-refractivity contribution in [2.45, 2.75) is 25.4 Å². The molecule has 3 aliphatic heterocycles. The largest absolute Gasteiger partial charge is 0.274 e. The van der Waals surface area contributed by atoms with E-state index in [9.17, 15) is 14.0 Å². The van der Waals surface area contributed by atoms with Crippen molar-refractivity contribution >= 4 is 29.1 Å². The number of imide groups is 1. The van der Waals surface area contributed by atoms with Crippen molar-refractivity contribution < 1.29 is 14.0 Å². The Labute approximate surface area is 167 Å². The highest BCUT2D eigenvalue weighted by Gasteiger charge is 2.62. The van der Waals surface area contributed by atoms with Crippen molar-refractivity contribution in [3.05, 3.63) is 64.4 Å². The number of anilines is 1. The first-order chi connectivity index (χ1) is 13.5. The maximum Gasteiger partial charge on any atom is 0.253 e. The van der Waals surface area contributed by atoms with Gasteiger partial charge >= 0.3 is 0 Å². The Morgan fingerprint density at radius 2 is 1.64 bits per heavy atom. The minimum absolute atomic E-state index is 0.216. The summed E-state index contributed by atoms with van der Waals surface area (Å²) in [5.41, 5.74) is 2.24. The molecule has 3 fully saturated rings. The molecular weight excluding hydrogens is 381 g/mol. The van der Waals surface area contributed by atoms with Gasteiger partial charge in [-0.25, -0.2) is 19.3 Å². The quantitative estimate of drug-likeness (QED) is 0.727. The lowest BCUT2D eigenvalue weighted by atomic mass is 9.90. The molecule has 0 aromatic heterocycles. The average molecular weight is 400 g/mol. The van der Waals surface area contributed by atoms with Gasteiger partial charge in [0.25, 0.3) is 5.91 Å². The third-order valence-electron chi connectivity index (χ3n) is 6.03. The summed E-state index contributed by atoms with van der Waals surface area (Å²) in [6.45, 7) is 3.40. The van der Waals surface area contributed by atoms with Crippen molar-refractivity contribution in [1.29, 1.82) is 0 Å². The van der Waals surface area contributed by atoms with E-state index in [0.717, 1.165) is 30.6 Å². The molecule has 3 saturated heterocycles. The Kier molecular flexibility index (Phi) is 4.05. The monoisotopic (exact) mass is 399 g/mol. The number of hydrazine groups is 1. The Bertz CT molecular complexity index is 980. The van der Waals surface area contributed by atoms with Gasteiger partial charge < -0.3 is 0 Å². The molecule has 0 saturated carbocycles. The average Bonchev–Trinajstić information content (AvgIpc) is 3.31. The minimum Gasteiger partial charge on any atom is -0.274 e. The molecular formula is C21H19ClFN3O2. The van der Waals surface area contributed by atoms with Gasteiger partial charge in [0.1, 0.15) is 11.9 Å². The zero-order valence-electron chi connectivity index (χ0n) is 15.3. The smallest absolute Gasteiger partial charge is 0.253 e. The van der Waals surface area contributed by atoms with Crippen LogP contribution in [0.3, 0.4) is 0 Å². The summed E-state index contributed by atoms with van der Waals surface area (Å²) in [5.74, 6) is -1.27. The molecule has 28 heavy (non-hydrogen) atoms.